The number of ether oxygens (including phenoxy) is 1. The van der Waals surface area contributed by atoms with Crippen LogP contribution in [-0.4, -0.2) is 37.6 Å². The Bertz CT molecular complexity index is 664. The maximum Gasteiger partial charge on any atom is 0.251 e. The van der Waals surface area contributed by atoms with Crippen molar-refractivity contribution in [2.24, 2.45) is 0 Å². The molecule has 4 nitrogen and oxygen atoms in total. The Morgan fingerprint density at radius 2 is 1.72 bits per heavy atom. The van der Waals surface area contributed by atoms with Crippen LogP contribution in [0.5, 0.6) is 5.75 Å². The van der Waals surface area contributed by atoms with Gasteiger partial charge in [0.05, 0.1) is 7.11 Å². The molecule has 0 radical (unpaired) electrons. The topological polar surface area (TPSA) is 41.6 Å². The van der Waals surface area contributed by atoms with Crippen molar-refractivity contribution in [2.75, 3.05) is 26.7 Å². The summed E-state index contributed by atoms with van der Waals surface area (Å²) in [6.07, 6.45) is 0.746. The van der Waals surface area contributed by atoms with Gasteiger partial charge in [-0.2, -0.15) is 0 Å². The predicted molar refractivity (Wildman–Crippen MR) is 102 cm³/mol. The van der Waals surface area contributed by atoms with E-state index >= 15 is 0 Å². The Balaban J connectivity index is 1.86. The normalized spacial score (nSPS) is 10.7. The maximum absolute atomic E-state index is 12.3. The number of benzene rings is 2. The Labute approximate surface area is 150 Å². The van der Waals surface area contributed by atoms with Gasteiger partial charge in [0, 0.05) is 18.7 Å². The smallest absolute Gasteiger partial charge is 0.251 e. The molecule has 0 bridgehead atoms. The van der Waals surface area contributed by atoms with Gasteiger partial charge in [-0.15, -0.1) is 0 Å². The van der Waals surface area contributed by atoms with Crippen molar-refractivity contribution in [3.8, 4) is 5.75 Å². The fourth-order valence-electron chi connectivity index (χ4n) is 2.79. The molecular formula is C21H28N2O2. The van der Waals surface area contributed by atoms with Crippen molar-refractivity contribution in [1.82, 2.24) is 10.2 Å². The highest BCUT2D eigenvalue weighted by Crippen LogP contribution is 2.17. The molecule has 2 aromatic rings. The van der Waals surface area contributed by atoms with Crippen LogP contribution in [0.4, 0.5) is 0 Å². The number of hydrogen-bond acceptors (Lipinski definition) is 3. The molecule has 2 rings (SSSR count). The first-order valence-corrected chi connectivity index (χ1v) is 8.89. The van der Waals surface area contributed by atoms with Crippen molar-refractivity contribution in [3.05, 3.63) is 65.2 Å². The largest absolute Gasteiger partial charge is 0.496 e. The molecule has 1 amide bonds. The van der Waals surface area contributed by atoms with Gasteiger partial charge in [0.1, 0.15) is 5.75 Å². The molecular weight excluding hydrogens is 312 g/mol. The molecule has 0 fully saturated rings. The van der Waals surface area contributed by atoms with Gasteiger partial charge in [-0.3, -0.25) is 9.69 Å². The average Bonchev–Trinajstić information content (AvgIpc) is 2.66. The molecule has 0 aliphatic carbocycles. The average molecular weight is 340 g/mol. The zero-order valence-corrected chi connectivity index (χ0v) is 15.4. The summed E-state index contributed by atoms with van der Waals surface area (Å²) in [6, 6.07) is 15.8. The molecule has 0 saturated heterocycles. The van der Waals surface area contributed by atoms with E-state index in [0.29, 0.717) is 12.1 Å². The molecule has 4 heteroatoms. The number of amides is 1. The first kappa shape index (κ1) is 19.0. The van der Waals surface area contributed by atoms with E-state index in [1.165, 1.54) is 5.56 Å². The van der Waals surface area contributed by atoms with E-state index in [2.05, 4.69) is 24.1 Å². The summed E-state index contributed by atoms with van der Waals surface area (Å²) in [5, 5.41) is 2.98. The van der Waals surface area contributed by atoms with E-state index in [4.69, 9.17) is 4.74 Å². The van der Waals surface area contributed by atoms with Crippen molar-refractivity contribution in [3.63, 3.8) is 0 Å². The number of hydrogen-bond donors (Lipinski definition) is 1. The van der Waals surface area contributed by atoms with E-state index in [0.717, 1.165) is 37.4 Å². The summed E-state index contributed by atoms with van der Waals surface area (Å²) in [5.41, 5.74) is 3.03. The van der Waals surface area contributed by atoms with Crippen LogP contribution in [0.25, 0.3) is 0 Å². The SMILES string of the molecule is CCN(CC)Cc1ccc(C(=O)NCCc2ccccc2OC)cc1. The third-order valence-corrected chi connectivity index (χ3v) is 4.39. The van der Waals surface area contributed by atoms with E-state index in [-0.39, 0.29) is 5.91 Å². The minimum atomic E-state index is -0.0377. The van der Waals surface area contributed by atoms with E-state index in [1.807, 2.05) is 48.5 Å². The number of nitrogens with zero attached hydrogens (tertiary/aromatic N) is 1. The number of carbonyl (C=O) groups excluding carboxylic acids is 1. The van der Waals surface area contributed by atoms with Gasteiger partial charge >= 0.3 is 0 Å². The van der Waals surface area contributed by atoms with Crippen molar-refractivity contribution in [2.45, 2.75) is 26.8 Å². The lowest BCUT2D eigenvalue weighted by atomic mass is 10.1. The first-order chi connectivity index (χ1) is 12.2. The van der Waals surface area contributed by atoms with Gasteiger partial charge in [-0.25, -0.2) is 0 Å². The second-order valence-corrected chi connectivity index (χ2v) is 5.98. The maximum atomic E-state index is 12.3. The zero-order chi connectivity index (χ0) is 18.1. The summed E-state index contributed by atoms with van der Waals surface area (Å²) in [5.74, 6) is 0.821. The molecule has 0 aromatic heterocycles. The quantitative estimate of drug-likeness (QED) is 0.759. The number of carbonyl (C=O) groups is 1. The van der Waals surface area contributed by atoms with Crippen LogP contribution < -0.4 is 10.1 Å². The van der Waals surface area contributed by atoms with Crippen LogP contribution >= 0.6 is 0 Å². The van der Waals surface area contributed by atoms with Crippen molar-refractivity contribution in [1.29, 1.82) is 0 Å². The zero-order valence-electron chi connectivity index (χ0n) is 15.4. The molecule has 0 aliphatic rings. The Morgan fingerprint density at radius 3 is 2.36 bits per heavy atom. The first-order valence-electron chi connectivity index (χ1n) is 8.89. The highest BCUT2D eigenvalue weighted by molar-refractivity contribution is 5.94. The molecule has 0 aliphatic heterocycles. The highest BCUT2D eigenvalue weighted by Gasteiger charge is 2.07. The van der Waals surface area contributed by atoms with Crippen molar-refractivity contribution < 1.29 is 9.53 Å². The molecule has 1 N–H and O–H groups in total. The number of nitrogens with one attached hydrogen (secondary N) is 1. The summed E-state index contributed by atoms with van der Waals surface area (Å²) in [7, 11) is 1.66. The lowest BCUT2D eigenvalue weighted by Crippen LogP contribution is -2.26. The third kappa shape index (κ3) is 5.61. The number of rotatable bonds is 9. The molecule has 25 heavy (non-hydrogen) atoms. The molecule has 134 valence electrons. The highest BCUT2D eigenvalue weighted by atomic mass is 16.5. The molecule has 0 saturated carbocycles. The van der Waals surface area contributed by atoms with Crippen LogP contribution in [0.1, 0.15) is 35.3 Å². The van der Waals surface area contributed by atoms with Gasteiger partial charge in [-0.1, -0.05) is 44.2 Å². The Morgan fingerprint density at radius 1 is 1.04 bits per heavy atom. The van der Waals surface area contributed by atoms with Crippen LogP contribution in [0, 0.1) is 0 Å². The lowest BCUT2D eigenvalue weighted by molar-refractivity contribution is 0.0954. The lowest BCUT2D eigenvalue weighted by Gasteiger charge is -2.18. The summed E-state index contributed by atoms with van der Waals surface area (Å²) < 4.78 is 5.33. The molecule has 0 atom stereocenters. The number of para-hydroxylation sites is 1. The second kappa shape index (κ2) is 9.84. The molecule has 2 aromatic carbocycles. The standard InChI is InChI=1S/C21H28N2O2/c1-4-23(5-2)16-17-10-12-19(13-11-17)21(24)22-15-14-18-8-6-7-9-20(18)25-3/h6-13H,4-5,14-16H2,1-3H3,(H,22,24). The minimum Gasteiger partial charge on any atom is -0.496 e. The van der Waals surface area contributed by atoms with Crippen LogP contribution in [-0.2, 0) is 13.0 Å². The molecule has 0 spiro atoms. The van der Waals surface area contributed by atoms with Crippen LogP contribution in [0.2, 0.25) is 0 Å². The van der Waals surface area contributed by atoms with Gasteiger partial charge in [0.15, 0.2) is 0 Å². The predicted octanol–water partition coefficient (Wildman–Crippen LogP) is 3.51. The third-order valence-electron chi connectivity index (χ3n) is 4.39. The van der Waals surface area contributed by atoms with Gasteiger partial charge in [0.25, 0.3) is 5.91 Å². The summed E-state index contributed by atoms with van der Waals surface area (Å²) in [4.78, 5) is 14.6. The molecule has 0 heterocycles. The van der Waals surface area contributed by atoms with E-state index < -0.39 is 0 Å². The second-order valence-electron chi connectivity index (χ2n) is 5.98. The monoisotopic (exact) mass is 340 g/mol. The van der Waals surface area contributed by atoms with Gasteiger partial charge in [0.2, 0.25) is 0 Å². The minimum absolute atomic E-state index is 0.0377. The van der Waals surface area contributed by atoms with Crippen LogP contribution in [0.3, 0.4) is 0 Å². The van der Waals surface area contributed by atoms with E-state index in [9.17, 15) is 4.79 Å². The number of methoxy groups -OCH3 is 1. The summed E-state index contributed by atoms with van der Waals surface area (Å²) in [6.45, 7) is 7.88. The molecule has 0 unspecified atom stereocenters. The Kier molecular flexibility index (Phi) is 7.48. The van der Waals surface area contributed by atoms with E-state index in [1.54, 1.807) is 7.11 Å². The van der Waals surface area contributed by atoms with Crippen molar-refractivity contribution >= 4 is 5.91 Å². The Hall–Kier alpha value is -2.33. The fraction of sp³-hybridized carbons (Fsp3) is 0.381. The van der Waals surface area contributed by atoms with Gasteiger partial charge in [-0.05, 0) is 48.8 Å². The summed E-state index contributed by atoms with van der Waals surface area (Å²) >= 11 is 0. The fourth-order valence-corrected chi connectivity index (χ4v) is 2.79. The van der Waals surface area contributed by atoms with Crippen LogP contribution in [0.15, 0.2) is 48.5 Å². The van der Waals surface area contributed by atoms with Gasteiger partial charge < -0.3 is 10.1 Å².